The van der Waals surface area contributed by atoms with Crippen LogP contribution in [0.15, 0.2) is 12.3 Å². The molecule has 1 N–H and O–H groups in total. The van der Waals surface area contributed by atoms with Crippen molar-refractivity contribution in [1.29, 1.82) is 0 Å². The number of aromatic nitrogens is 3. The molecule has 2 aromatic rings. The van der Waals surface area contributed by atoms with Crippen molar-refractivity contribution in [3.05, 3.63) is 34.9 Å². The van der Waals surface area contributed by atoms with Crippen LogP contribution in [-0.2, 0) is 13.7 Å². The second kappa shape index (κ2) is 4.78. The Morgan fingerprint density at radius 3 is 2.61 bits per heavy atom. The Morgan fingerprint density at radius 2 is 2.06 bits per heavy atom. The highest BCUT2D eigenvalue weighted by Crippen LogP contribution is 2.30. The fourth-order valence-electron chi connectivity index (χ4n) is 1.79. The van der Waals surface area contributed by atoms with Crippen molar-refractivity contribution in [2.45, 2.75) is 27.4 Å². The Hall–Kier alpha value is -1.88. The fraction of sp³-hybridized carbons (Fsp3) is 0.385. The van der Waals surface area contributed by atoms with E-state index in [0.29, 0.717) is 11.3 Å². The maximum atomic E-state index is 9.29. The number of nitrogens with zero attached hydrogens (tertiary/aromatic N) is 3. The number of rotatable bonds is 3. The summed E-state index contributed by atoms with van der Waals surface area (Å²) in [5.74, 6) is 1.36. The van der Waals surface area contributed by atoms with Gasteiger partial charge in [-0.15, -0.1) is 0 Å². The monoisotopic (exact) mass is 247 g/mol. The molecule has 0 atom stereocenters. The molecule has 0 bridgehead atoms. The largest absolute Gasteiger partial charge is 0.453 e. The summed E-state index contributed by atoms with van der Waals surface area (Å²) in [4.78, 5) is 4.14. The van der Waals surface area contributed by atoms with Crippen LogP contribution in [0.4, 0.5) is 0 Å². The molecule has 0 fully saturated rings. The van der Waals surface area contributed by atoms with Gasteiger partial charge in [0.2, 0.25) is 0 Å². The molecule has 2 rings (SSSR count). The van der Waals surface area contributed by atoms with Gasteiger partial charge in [-0.05, 0) is 20.8 Å². The van der Waals surface area contributed by atoms with Crippen LogP contribution in [0.3, 0.4) is 0 Å². The Balaban J connectivity index is 2.42. The Kier molecular flexibility index (Phi) is 3.34. The predicted octanol–water partition coefficient (Wildman–Crippen LogP) is 2.02. The highest BCUT2D eigenvalue weighted by molar-refractivity contribution is 5.40. The van der Waals surface area contributed by atoms with Gasteiger partial charge in [-0.2, -0.15) is 5.10 Å². The zero-order chi connectivity index (χ0) is 13.3. The lowest BCUT2D eigenvalue weighted by Crippen LogP contribution is -1.96. The van der Waals surface area contributed by atoms with Crippen LogP contribution in [0.2, 0.25) is 0 Å². The lowest BCUT2D eigenvalue weighted by Gasteiger charge is -2.10. The summed E-state index contributed by atoms with van der Waals surface area (Å²) in [6.45, 7) is 5.63. The van der Waals surface area contributed by atoms with E-state index in [1.807, 2.05) is 33.9 Å². The summed E-state index contributed by atoms with van der Waals surface area (Å²) in [5, 5.41) is 13.6. The molecule has 96 valence electrons. The van der Waals surface area contributed by atoms with Crippen molar-refractivity contribution in [1.82, 2.24) is 14.8 Å². The average Bonchev–Trinajstić information content (AvgIpc) is 2.56. The maximum absolute atomic E-state index is 9.29. The minimum absolute atomic E-state index is 0.0963. The van der Waals surface area contributed by atoms with Crippen LogP contribution in [0.1, 0.15) is 22.6 Å². The summed E-state index contributed by atoms with van der Waals surface area (Å²) in [5.41, 5.74) is 3.30. The molecule has 0 saturated heterocycles. The lowest BCUT2D eigenvalue weighted by atomic mass is 10.2. The lowest BCUT2D eigenvalue weighted by molar-refractivity contribution is 0.275. The van der Waals surface area contributed by atoms with Crippen molar-refractivity contribution >= 4 is 0 Å². The van der Waals surface area contributed by atoms with Gasteiger partial charge in [0.05, 0.1) is 12.3 Å². The SMILES string of the molecule is Cc1cc(Oc2c(C)nn(C)c2C)c(CO)cn1. The quantitative estimate of drug-likeness (QED) is 0.901. The van der Waals surface area contributed by atoms with Gasteiger partial charge in [0.1, 0.15) is 11.4 Å². The van der Waals surface area contributed by atoms with Gasteiger partial charge in [-0.1, -0.05) is 0 Å². The molecule has 0 aliphatic heterocycles. The normalized spacial score (nSPS) is 10.7. The van der Waals surface area contributed by atoms with Crippen molar-refractivity contribution < 1.29 is 9.84 Å². The van der Waals surface area contributed by atoms with Crippen LogP contribution in [0.5, 0.6) is 11.5 Å². The first-order chi connectivity index (χ1) is 8.52. The minimum Gasteiger partial charge on any atom is -0.453 e. The molecule has 5 heteroatoms. The number of hydrogen-bond acceptors (Lipinski definition) is 4. The van der Waals surface area contributed by atoms with E-state index in [4.69, 9.17) is 4.74 Å². The smallest absolute Gasteiger partial charge is 0.171 e. The molecular weight excluding hydrogens is 230 g/mol. The molecule has 0 aliphatic rings. The van der Waals surface area contributed by atoms with Crippen LogP contribution < -0.4 is 4.74 Å². The summed E-state index contributed by atoms with van der Waals surface area (Å²) < 4.78 is 7.66. The molecule has 0 radical (unpaired) electrons. The van der Waals surface area contributed by atoms with Crippen molar-refractivity contribution in [2.24, 2.45) is 7.05 Å². The van der Waals surface area contributed by atoms with Crippen LogP contribution in [-0.4, -0.2) is 19.9 Å². The minimum atomic E-state index is -0.0963. The van der Waals surface area contributed by atoms with Crippen LogP contribution >= 0.6 is 0 Å². The predicted molar refractivity (Wildman–Crippen MR) is 67.7 cm³/mol. The molecular formula is C13H17N3O2. The summed E-state index contributed by atoms with van der Waals surface area (Å²) in [6.07, 6.45) is 1.63. The summed E-state index contributed by atoms with van der Waals surface area (Å²) in [6, 6.07) is 1.82. The van der Waals surface area contributed by atoms with E-state index in [1.165, 1.54) is 0 Å². The number of aryl methyl sites for hydroxylation is 3. The van der Waals surface area contributed by atoms with E-state index in [1.54, 1.807) is 10.9 Å². The number of hydrogen-bond donors (Lipinski definition) is 1. The van der Waals surface area contributed by atoms with Crippen molar-refractivity contribution in [3.8, 4) is 11.5 Å². The summed E-state index contributed by atoms with van der Waals surface area (Å²) in [7, 11) is 1.87. The second-order valence-corrected chi connectivity index (χ2v) is 4.32. The van der Waals surface area contributed by atoms with E-state index in [-0.39, 0.29) is 6.61 Å². The number of aliphatic hydroxyl groups is 1. The molecule has 18 heavy (non-hydrogen) atoms. The van der Waals surface area contributed by atoms with E-state index in [9.17, 15) is 5.11 Å². The zero-order valence-electron chi connectivity index (χ0n) is 11.1. The fourth-order valence-corrected chi connectivity index (χ4v) is 1.79. The van der Waals surface area contributed by atoms with E-state index < -0.39 is 0 Å². The van der Waals surface area contributed by atoms with Crippen LogP contribution in [0.25, 0.3) is 0 Å². The Morgan fingerprint density at radius 1 is 1.33 bits per heavy atom. The number of ether oxygens (including phenoxy) is 1. The molecule has 5 nitrogen and oxygen atoms in total. The topological polar surface area (TPSA) is 60.2 Å². The second-order valence-electron chi connectivity index (χ2n) is 4.32. The van der Waals surface area contributed by atoms with E-state index in [0.717, 1.165) is 22.8 Å². The number of pyridine rings is 1. The van der Waals surface area contributed by atoms with Crippen molar-refractivity contribution in [2.75, 3.05) is 0 Å². The van der Waals surface area contributed by atoms with Gasteiger partial charge in [0.15, 0.2) is 5.75 Å². The van der Waals surface area contributed by atoms with Crippen molar-refractivity contribution in [3.63, 3.8) is 0 Å². The molecule has 0 amide bonds. The molecule has 0 saturated carbocycles. The van der Waals surface area contributed by atoms with Gasteiger partial charge < -0.3 is 9.84 Å². The third-order valence-corrected chi connectivity index (χ3v) is 2.91. The maximum Gasteiger partial charge on any atom is 0.171 e. The molecule has 2 aromatic heterocycles. The summed E-state index contributed by atoms with van der Waals surface area (Å²) >= 11 is 0. The first kappa shape index (κ1) is 12.6. The highest BCUT2D eigenvalue weighted by Gasteiger charge is 2.14. The van der Waals surface area contributed by atoms with Gasteiger partial charge in [0.25, 0.3) is 0 Å². The molecule has 0 unspecified atom stereocenters. The van der Waals surface area contributed by atoms with Crippen LogP contribution in [0, 0.1) is 20.8 Å². The molecule has 2 heterocycles. The first-order valence-electron chi connectivity index (χ1n) is 5.77. The Labute approximate surface area is 106 Å². The number of aliphatic hydroxyl groups excluding tert-OH is 1. The molecule has 0 spiro atoms. The van der Waals surface area contributed by atoms with Gasteiger partial charge in [-0.3, -0.25) is 9.67 Å². The van der Waals surface area contributed by atoms with E-state index >= 15 is 0 Å². The Bertz CT molecular complexity index is 576. The van der Waals surface area contributed by atoms with Gasteiger partial charge in [-0.25, -0.2) is 0 Å². The first-order valence-corrected chi connectivity index (χ1v) is 5.77. The third kappa shape index (κ3) is 2.22. The standard InChI is InChI=1S/C13H17N3O2/c1-8-5-12(11(7-17)6-14-8)18-13-9(2)15-16(4)10(13)3/h5-6,17H,7H2,1-4H3. The van der Waals surface area contributed by atoms with Gasteiger partial charge >= 0.3 is 0 Å². The third-order valence-electron chi connectivity index (χ3n) is 2.91. The average molecular weight is 247 g/mol. The molecule has 0 aromatic carbocycles. The molecule has 0 aliphatic carbocycles. The zero-order valence-corrected chi connectivity index (χ0v) is 11.1. The highest BCUT2D eigenvalue weighted by atomic mass is 16.5. The van der Waals surface area contributed by atoms with Gasteiger partial charge in [0, 0.05) is 30.6 Å². The van der Waals surface area contributed by atoms with E-state index in [2.05, 4.69) is 10.1 Å².